The Morgan fingerprint density at radius 1 is 0.379 bits per heavy atom. The van der Waals surface area contributed by atoms with Gasteiger partial charge in [0.15, 0.2) is 18.9 Å². The van der Waals surface area contributed by atoms with Crippen molar-refractivity contribution in [2.45, 2.75) is 119 Å². The molecular formula is C54H101N5O28. The van der Waals surface area contributed by atoms with E-state index in [9.17, 15) is 65.1 Å². The maximum Gasteiger partial charge on any atom is 0.234 e. The molecule has 0 bridgehead atoms. The molecule has 15 atom stereocenters. The second-order valence-electron chi connectivity index (χ2n) is 21.0. The van der Waals surface area contributed by atoms with E-state index in [1.165, 1.54) is 0 Å². The van der Waals surface area contributed by atoms with E-state index >= 15 is 0 Å². The Kier molecular flexibility index (Phi) is 41.3. The summed E-state index contributed by atoms with van der Waals surface area (Å²) in [5.74, 6) is -3.20. The van der Waals surface area contributed by atoms with Gasteiger partial charge in [-0.05, 0) is 0 Å². The zero-order valence-corrected chi connectivity index (χ0v) is 50.4. The van der Waals surface area contributed by atoms with Gasteiger partial charge < -0.3 is 144 Å². The van der Waals surface area contributed by atoms with E-state index in [4.69, 9.17) is 76.8 Å². The number of nitrogens with two attached hydrogens (primary N) is 1. The van der Waals surface area contributed by atoms with Crippen LogP contribution in [-0.4, -0.2) is 334 Å². The zero-order valence-electron chi connectivity index (χ0n) is 50.4. The highest BCUT2D eigenvalue weighted by Crippen LogP contribution is 2.29. The lowest BCUT2D eigenvalue weighted by atomic mass is 9.92. The molecule has 3 saturated heterocycles. The van der Waals surface area contributed by atoms with E-state index in [2.05, 4.69) is 21.3 Å². The molecule has 0 aromatic rings. The van der Waals surface area contributed by atoms with Crippen molar-refractivity contribution in [2.75, 3.05) is 185 Å². The predicted molar refractivity (Wildman–Crippen MR) is 299 cm³/mol. The Bertz CT molecular complexity index is 1640. The molecule has 3 rings (SSSR count). The van der Waals surface area contributed by atoms with Crippen molar-refractivity contribution in [3.8, 4) is 0 Å². The van der Waals surface area contributed by atoms with E-state index in [1.807, 2.05) is 0 Å². The number of aliphatic hydroxyl groups is 9. The van der Waals surface area contributed by atoms with Gasteiger partial charge >= 0.3 is 0 Å². The molecule has 33 nitrogen and oxygen atoms in total. The SMILES string of the molecule is C[C@H]1[C@H](OCCOCCOCCNC(=O)CCOCC(COCCC(=O)NCCOCCOCCO[C@@H]2O[C@H](CO)[C@H](O)[C@H](O)[C@H]2C)(COCCC(=O)NCCOCCOCCO[C@@H]2O[C@H](CO)[C@H](O)[C@H](O)[C@H]2C)NC(=O)CN)O[C@H](CO)[C@H](O)[C@@H]1O. The van der Waals surface area contributed by atoms with E-state index in [0.717, 1.165) is 0 Å². The van der Waals surface area contributed by atoms with E-state index in [-0.39, 0.29) is 195 Å². The van der Waals surface area contributed by atoms with Gasteiger partial charge in [-0.2, -0.15) is 0 Å². The molecule has 0 saturated carbocycles. The Morgan fingerprint density at radius 2 is 0.644 bits per heavy atom. The number of carbonyl (C=O) groups is 4. The summed E-state index contributed by atoms with van der Waals surface area (Å²) in [7, 11) is 0. The van der Waals surface area contributed by atoms with Gasteiger partial charge in [-0.1, -0.05) is 20.8 Å². The third-order valence-corrected chi connectivity index (χ3v) is 14.1. The molecule has 3 aliphatic rings. The number of amides is 4. The molecule has 87 heavy (non-hydrogen) atoms. The molecule has 3 fully saturated rings. The molecule has 0 unspecified atom stereocenters. The number of ether oxygens (including phenoxy) is 15. The van der Waals surface area contributed by atoms with Crippen LogP contribution in [0.15, 0.2) is 0 Å². The quantitative estimate of drug-likeness (QED) is 0.0252. The zero-order chi connectivity index (χ0) is 63.8. The molecule has 33 heteroatoms. The lowest BCUT2D eigenvalue weighted by molar-refractivity contribution is -0.284. The topological polar surface area (TPSA) is 463 Å². The number of aliphatic hydroxyl groups excluding tert-OH is 9. The Balaban J connectivity index is 1.35. The highest BCUT2D eigenvalue weighted by Gasteiger charge is 2.45. The second-order valence-corrected chi connectivity index (χ2v) is 21.0. The molecule has 3 heterocycles. The largest absolute Gasteiger partial charge is 0.394 e. The van der Waals surface area contributed by atoms with E-state index in [0.29, 0.717) is 0 Å². The lowest BCUT2D eigenvalue weighted by Gasteiger charge is -2.40. The van der Waals surface area contributed by atoms with Gasteiger partial charge in [0, 0.05) is 56.7 Å². The number of hydrogen-bond acceptors (Lipinski definition) is 29. The first-order chi connectivity index (χ1) is 41.9. The minimum Gasteiger partial charge on any atom is -0.394 e. The summed E-state index contributed by atoms with van der Waals surface area (Å²) in [6.45, 7) is 5.72. The summed E-state index contributed by atoms with van der Waals surface area (Å²) in [5.41, 5.74) is 4.30. The summed E-state index contributed by atoms with van der Waals surface area (Å²) in [4.78, 5) is 50.8. The van der Waals surface area contributed by atoms with Gasteiger partial charge in [0.25, 0.3) is 0 Å². The fourth-order valence-electron chi connectivity index (χ4n) is 8.80. The van der Waals surface area contributed by atoms with Gasteiger partial charge in [-0.25, -0.2) is 0 Å². The number of hydrogen-bond donors (Lipinski definition) is 14. The van der Waals surface area contributed by atoms with Crippen LogP contribution >= 0.6 is 0 Å². The lowest BCUT2D eigenvalue weighted by Crippen LogP contribution is -2.60. The third kappa shape index (κ3) is 30.7. The van der Waals surface area contributed by atoms with Crippen LogP contribution in [0.5, 0.6) is 0 Å². The molecule has 15 N–H and O–H groups in total. The van der Waals surface area contributed by atoms with Crippen LogP contribution in [-0.2, 0) is 90.2 Å². The molecule has 0 spiro atoms. The fraction of sp³-hybridized carbons (Fsp3) is 0.926. The summed E-state index contributed by atoms with van der Waals surface area (Å²) in [6.07, 6.45) is -12.6. The molecule has 0 aliphatic carbocycles. The van der Waals surface area contributed by atoms with Crippen molar-refractivity contribution in [1.82, 2.24) is 21.3 Å². The van der Waals surface area contributed by atoms with Crippen LogP contribution < -0.4 is 27.0 Å². The van der Waals surface area contributed by atoms with Crippen molar-refractivity contribution in [2.24, 2.45) is 23.5 Å². The Hall–Kier alpha value is -3.12. The highest BCUT2D eigenvalue weighted by molar-refractivity contribution is 5.79. The Labute approximate surface area is 507 Å². The maximum atomic E-state index is 12.8. The smallest absolute Gasteiger partial charge is 0.234 e. The van der Waals surface area contributed by atoms with Crippen molar-refractivity contribution < 1.29 is 136 Å². The van der Waals surface area contributed by atoms with Gasteiger partial charge in [-0.15, -0.1) is 0 Å². The van der Waals surface area contributed by atoms with Gasteiger partial charge in [0.05, 0.1) is 183 Å². The molecule has 0 radical (unpaired) electrons. The number of nitrogens with one attached hydrogen (secondary N) is 4. The monoisotopic (exact) mass is 1270 g/mol. The first-order valence-electron chi connectivity index (χ1n) is 29.6. The van der Waals surface area contributed by atoms with Crippen LogP contribution in [0.4, 0.5) is 0 Å². The fourth-order valence-corrected chi connectivity index (χ4v) is 8.80. The number of rotatable bonds is 50. The minimum atomic E-state index is -1.38. The molecule has 4 amide bonds. The number of carbonyl (C=O) groups excluding carboxylic acids is 4. The van der Waals surface area contributed by atoms with Crippen molar-refractivity contribution in [3.63, 3.8) is 0 Å². The normalized spacial score (nSPS) is 27.7. The van der Waals surface area contributed by atoms with Crippen LogP contribution in [0.25, 0.3) is 0 Å². The highest BCUT2D eigenvalue weighted by atomic mass is 16.7. The molecule has 510 valence electrons. The third-order valence-electron chi connectivity index (χ3n) is 14.1. The van der Waals surface area contributed by atoms with Crippen LogP contribution in [0.1, 0.15) is 40.0 Å². The minimum absolute atomic E-state index is 0.0634. The molecule has 3 aliphatic heterocycles. The summed E-state index contributed by atoms with van der Waals surface area (Å²) >= 11 is 0. The molecule has 0 aromatic heterocycles. The van der Waals surface area contributed by atoms with Crippen molar-refractivity contribution in [1.29, 1.82) is 0 Å². The van der Waals surface area contributed by atoms with Gasteiger partial charge in [0.2, 0.25) is 23.6 Å². The van der Waals surface area contributed by atoms with Crippen molar-refractivity contribution in [3.05, 3.63) is 0 Å². The van der Waals surface area contributed by atoms with Gasteiger partial charge in [0.1, 0.15) is 42.2 Å². The molecular weight excluding hydrogens is 1170 g/mol. The summed E-state index contributed by atoms with van der Waals surface area (Å²) < 4.78 is 84.2. The average molecular weight is 1270 g/mol. The first-order valence-corrected chi connectivity index (χ1v) is 29.6. The summed E-state index contributed by atoms with van der Waals surface area (Å²) in [5, 5.41) is 99.7. The maximum absolute atomic E-state index is 12.8. The van der Waals surface area contributed by atoms with Crippen molar-refractivity contribution >= 4 is 23.6 Å². The summed E-state index contributed by atoms with van der Waals surface area (Å²) in [6, 6.07) is 0. The second kappa shape index (κ2) is 46.0. The standard InChI is InChI=1S/C54H101N5O28/c1-35-45(67)48(70)38(29-60)85-51(35)82-25-22-76-19-16-73-13-7-56-41(63)4-10-79-32-54(59-44(66)28-55,33-80-11-5-42(64)57-8-14-74-17-20-77-23-26-83-52-36(2)46(68)49(71)39(30-61)86-52)34-81-12-6-43(65)58-9-15-75-18-21-78-24-27-84-53-37(3)47(69)50(72)40(31-62)87-53/h35-40,45-53,60-62,67-72H,4-34,55H2,1-3H3,(H,56,63)(H,57,64)(H,58,65)(H,59,66)/t35-,36-,37-,38-,39-,40-,45-,46-,47-,48+,49+,50+,51-,52-,53-/m1/s1. The van der Waals surface area contributed by atoms with E-state index < -0.39 is 129 Å². The predicted octanol–water partition coefficient (Wildman–Crippen LogP) is -7.26. The first kappa shape index (κ1) is 78.1. The van der Waals surface area contributed by atoms with Crippen LogP contribution in [0.2, 0.25) is 0 Å². The van der Waals surface area contributed by atoms with Gasteiger partial charge in [-0.3, -0.25) is 19.2 Å². The molecule has 0 aromatic carbocycles. The van der Waals surface area contributed by atoms with Crippen LogP contribution in [0.3, 0.4) is 0 Å². The van der Waals surface area contributed by atoms with Crippen LogP contribution in [0, 0.1) is 17.8 Å². The average Bonchev–Trinajstić information content (AvgIpc) is 3.02. The van der Waals surface area contributed by atoms with E-state index in [1.54, 1.807) is 20.8 Å². The Morgan fingerprint density at radius 3 is 0.908 bits per heavy atom.